The van der Waals surface area contributed by atoms with E-state index in [9.17, 15) is 18.5 Å². The fourth-order valence-corrected chi connectivity index (χ4v) is 3.29. The summed E-state index contributed by atoms with van der Waals surface area (Å²) in [5.41, 5.74) is 0.962. The molecule has 1 aromatic carbocycles. The van der Waals surface area contributed by atoms with E-state index in [1.54, 1.807) is 13.8 Å². The fourth-order valence-electron chi connectivity index (χ4n) is 1.83. The Labute approximate surface area is 105 Å². The Morgan fingerprint density at radius 3 is 2.67 bits per heavy atom. The second-order valence-electron chi connectivity index (χ2n) is 4.34. The molecule has 0 aliphatic carbocycles. The van der Waals surface area contributed by atoms with Crippen molar-refractivity contribution in [1.29, 1.82) is 0 Å². The summed E-state index contributed by atoms with van der Waals surface area (Å²) in [5, 5.41) is 10.7. The minimum Gasteiger partial charge on any atom is -0.271 e. The quantitative estimate of drug-likeness (QED) is 0.651. The molecule has 0 fully saturated rings. The molecule has 2 rings (SSSR count). The van der Waals surface area contributed by atoms with Gasteiger partial charge in [-0.3, -0.25) is 14.8 Å². The molecule has 7 nitrogen and oxygen atoms in total. The van der Waals surface area contributed by atoms with Gasteiger partial charge in [0, 0.05) is 24.7 Å². The molecule has 0 saturated carbocycles. The molecule has 0 bridgehead atoms. The number of hydrogen-bond donors (Lipinski definition) is 1. The number of nitrogens with zero attached hydrogens (tertiary/aromatic N) is 2. The van der Waals surface area contributed by atoms with E-state index in [-0.39, 0.29) is 18.3 Å². The number of hydrogen-bond acceptors (Lipinski definition) is 4. The smallest absolute Gasteiger partial charge is 0.271 e. The van der Waals surface area contributed by atoms with Crippen molar-refractivity contribution in [3.63, 3.8) is 0 Å². The van der Waals surface area contributed by atoms with Crippen LogP contribution in [0.1, 0.15) is 19.4 Å². The van der Waals surface area contributed by atoms with Gasteiger partial charge in [-0.1, -0.05) is 0 Å². The number of fused-ring (bicyclic) bond motifs is 1. The van der Waals surface area contributed by atoms with Gasteiger partial charge < -0.3 is 0 Å². The van der Waals surface area contributed by atoms with Crippen LogP contribution in [0.5, 0.6) is 0 Å². The summed E-state index contributed by atoms with van der Waals surface area (Å²) >= 11 is 0. The minimum atomic E-state index is -3.56. The van der Waals surface area contributed by atoms with Gasteiger partial charge in [-0.15, -0.1) is 0 Å². The van der Waals surface area contributed by atoms with Crippen LogP contribution < -0.4 is 4.72 Å². The van der Waals surface area contributed by atoms with Gasteiger partial charge in [-0.25, -0.2) is 0 Å². The highest BCUT2D eigenvalue weighted by atomic mass is 32.2. The number of benzene rings is 1. The lowest BCUT2D eigenvalue weighted by Gasteiger charge is -2.31. The zero-order chi connectivity index (χ0) is 13.5. The van der Waals surface area contributed by atoms with E-state index in [2.05, 4.69) is 4.72 Å². The molecular formula is C10H13N3O4S. The van der Waals surface area contributed by atoms with Crippen LogP contribution in [-0.4, -0.2) is 23.7 Å². The van der Waals surface area contributed by atoms with Gasteiger partial charge in [-0.05, 0) is 25.5 Å². The summed E-state index contributed by atoms with van der Waals surface area (Å²) in [5.74, 6) is 0. The molecular weight excluding hydrogens is 258 g/mol. The van der Waals surface area contributed by atoms with E-state index >= 15 is 0 Å². The topological polar surface area (TPSA) is 92.5 Å². The van der Waals surface area contributed by atoms with E-state index < -0.39 is 15.1 Å². The van der Waals surface area contributed by atoms with Crippen LogP contribution in [-0.2, 0) is 16.8 Å². The molecule has 0 spiro atoms. The Morgan fingerprint density at radius 2 is 2.11 bits per heavy atom. The first kappa shape index (κ1) is 12.8. The maximum Gasteiger partial charge on any atom is 0.302 e. The lowest BCUT2D eigenvalue weighted by molar-refractivity contribution is -0.384. The molecule has 0 saturated heterocycles. The number of nitro groups is 1. The number of non-ortho nitro benzene ring substituents is 1. The van der Waals surface area contributed by atoms with Crippen LogP contribution in [0, 0.1) is 10.1 Å². The normalized spacial score (nSPS) is 18.2. The molecule has 1 aromatic rings. The Kier molecular flexibility index (Phi) is 2.99. The lowest BCUT2D eigenvalue weighted by Crippen LogP contribution is -2.43. The summed E-state index contributed by atoms with van der Waals surface area (Å²) in [6.07, 6.45) is 0. The molecule has 0 unspecified atom stereocenters. The average molecular weight is 271 g/mol. The molecule has 0 aromatic heterocycles. The first-order valence-corrected chi connectivity index (χ1v) is 6.82. The first-order valence-electron chi connectivity index (χ1n) is 5.38. The van der Waals surface area contributed by atoms with Gasteiger partial charge in [0.25, 0.3) is 5.69 Å². The number of rotatable bonds is 2. The van der Waals surface area contributed by atoms with Gasteiger partial charge in [0.05, 0.1) is 10.6 Å². The second kappa shape index (κ2) is 4.21. The van der Waals surface area contributed by atoms with Crippen molar-refractivity contribution in [2.75, 3.05) is 4.72 Å². The van der Waals surface area contributed by atoms with Crippen molar-refractivity contribution in [3.05, 3.63) is 33.9 Å². The predicted molar refractivity (Wildman–Crippen MR) is 66.3 cm³/mol. The molecule has 1 aliphatic rings. The van der Waals surface area contributed by atoms with Crippen molar-refractivity contribution < 1.29 is 13.3 Å². The highest BCUT2D eigenvalue weighted by molar-refractivity contribution is 7.90. The standard InChI is InChI=1S/C10H13N3O4S/c1-7(2)12-6-8-5-9(13(14)15)3-4-10(8)11-18(12,16)17/h3-5,7,11H,6H2,1-2H3. The maximum atomic E-state index is 11.9. The van der Waals surface area contributed by atoms with Crippen LogP contribution >= 0.6 is 0 Å². The Morgan fingerprint density at radius 1 is 1.44 bits per heavy atom. The minimum absolute atomic E-state index is 0.0430. The summed E-state index contributed by atoms with van der Waals surface area (Å²) < 4.78 is 27.4. The van der Waals surface area contributed by atoms with E-state index in [1.165, 1.54) is 22.5 Å². The van der Waals surface area contributed by atoms with Crippen LogP contribution in [0.15, 0.2) is 18.2 Å². The van der Waals surface area contributed by atoms with E-state index in [1.807, 2.05) is 0 Å². The molecule has 0 atom stereocenters. The second-order valence-corrected chi connectivity index (χ2v) is 5.97. The Hall–Kier alpha value is -1.67. The summed E-state index contributed by atoms with van der Waals surface area (Å²) in [4.78, 5) is 10.2. The zero-order valence-corrected chi connectivity index (χ0v) is 10.8. The largest absolute Gasteiger partial charge is 0.302 e. The van der Waals surface area contributed by atoms with Gasteiger partial charge in [0.1, 0.15) is 0 Å². The third kappa shape index (κ3) is 2.16. The van der Waals surface area contributed by atoms with Crippen molar-refractivity contribution in [2.24, 2.45) is 0 Å². The van der Waals surface area contributed by atoms with E-state index in [0.717, 1.165) is 0 Å². The molecule has 0 radical (unpaired) electrons. The first-order chi connectivity index (χ1) is 8.31. The van der Waals surface area contributed by atoms with Gasteiger partial charge in [0.2, 0.25) is 0 Å². The number of anilines is 1. The third-order valence-electron chi connectivity index (χ3n) is 2.75. The van der Waals surface area contributed by atoms with Crippen LogP contribution in [0.25, 0.3) is 0 Å². The molecule has 1 heterocycles. The zero-order valence-electron chi connectivity index (χ0n) is 9.95. The molecule has 1 N–H and O–H groups in total. The van der Waals surface area contributed by atoms with E-state index in [4.69, 9.17) is 0 Å². The Balaban J connectivity index is 2.47. The van der Waals surface area contributed by atoms with Crippen LogP contribution in [0.2, 0.25) is 0 Å². The fraction of sp³-hybridized carbons (Fsp3) is 0.400. The molecule has 1 aliphatic heterocycles. The molecule has 98 valence electrons. The third-order valence-corrected chi connectivity index (χ3v) is 4.40. The van der Waals surface area contributed by atoms with Crippen molar-refractivity contribution in [1.82, 2.24) is 4.31 Å². The molecule has 18 heavy (non-hydrogen) atoms. The summed E-state index contributed by atoms with van der Waals surface area (Å²) in [6, 6.07) is 3.89. The SMILES string of the molecule is CC(C)N1Cc2cc([N+](=O)[O-])ccc2NS1(=O)=O. The average Bonchev–Trinajstić information content (AvgIpc) is 2.25. The van der Waals surface area contributed by atoms with Gasteiger partial charge in [0.15, 0.2) is 0 Å². The molecule has 0 amide bonds. The highest BCUT2D eigenvalue weighted by Gasteiger charge is 2.31. The highest BCUT2D eigenvalue weighted by Crippen LogP contribution is 2.30. The summed E-state index contributed by atoms with van der Waals surface area (Å²) in [6.45, 7) is 3.65. The van der Waals surface area contributed by atoms with Gasteiger partial charge >= 0.3 is 10.2 Å². The van der Waals surface area contributed by atoms with E-state index in [0.29, 0.717) is 11.3 Å². The van der Waals surface area contributed by atoms with Gasteiger partial charge in [-0.2, -0.15) is 12.7 Å². The Bertz CT molecular complexity index is 597. The van der Waals surface area contributed by atoms with Crippen LogP contribution in [0.3, 0.4) is 0 Å². The van der Waals surface area contributed by atoms with Crippen molar-refractivity contribution >= 4 is 21.6 Å². The predicted octanol–water partition coefficient (Wildman–Crippen LogP) is 1.48. The number of nitrogens with one attached hydrogen (secondary N) is 1. The maximum absolute atomic E-state index is 11.9. The van der Waals surface area contributed by atoms with Crippen molar-refractivity contribution in [3.8, 4) is 0 Å². The summed E-state index contributed by atoms with van der Waals surface area (Å²) in [7, 11) is -3.56. The van der Waals surface area contributed by atoms with Crippen molar-refractivity contribution in [2.45, 2.75) is 26.4 Å². The molecule has 8 heteroatoms. The lowest BCUT2D eigenvalue weighted by atomic mass is 10.1. The number of nitro benzene ring substituents is 1. The monoisotopic (exact) mass is 271 g/mol. The van der Waals surface area contributed by atoms with Crippen LogP contribution in [0.4, 0.5) is 11.4 Å².